The molecule has 0 unspecified atom stereocenters. The third kappa shape index (κ3) is 6.52. The second-order valence-corrected chi connectivity index (χ2v) is 18.1. The van der Waals surface area contributed by atoms with Gasteiger partial charge in [-0.25, -0.2) is 0 Å². The van der Waals surface area contributed by atoms with E-state index in [0.717, 1.165) is 86.9 Å². The highest BCUT2D eigenvalue weighted by Gasteiger charge is 2.46. The zero-order valence-electron chi connectivity index (χ0n) is 29.7. The summed E-state index contributed by atoms with van der Waals surface area (Å²) < 4.78 is 71.6. The van der Waals surface area contributed by atoms with Gasteiger partial charge in [0, 0.05) is 57.3 Å². The van der Waals surface area contributed by atoms with Gasteiger partial charge in [0.25, 0.3) is 20.2 Å². The molecule has 0 amide bonds. The first-order valence-electron chi connectivity index (χ1n) is 17.2. The zero-order chi connectivity index (χ0) is 37.1. The molecule has 51 heavy (non-hydrogen) atoms. The van der Waals surface area contributed by atoms with Crippen LogP contribution in [-0.2, 0) is 31.1 Å². The Kier molecular flexibility index (Phi) is 9.78. The molecule has 2 aliphatic rings. The van der Waals surface area contributed by atoms with Crippen molar-refractivity contribution < 1.29 is 30.5 Å². The molecule has 6 rings (SSSR count). The summed E-state index contributed by atoms with van der Waals surface area (Å²) in [5.74, 6) is 0. The van der Waals surface area contributed by atoms with Gasteiger partial charge >= 0.3 is 0 Å². The maximum absolute atomic E-state index is 12.2. The Morgan fingerprint density at radius 1 is 0.843 bits per heavy atom. The van der Waals surface area contributed by atoms with Crippen LogP contribution in [-0.4, -0.2) is 49.3 Å². The van der Waals surface area contributed by atoms with Gasteiger partial charge in [0.2, 0.25) is 5.69 Å². The third-order valence-electron chi connectivity index (χ3n) is 10.2. The Hall–Kier alpha value is -3.61. The molecule has 0 aromatic heterocycles. The summed E-state index contributed by atoms with van der Waals surface area (Å²) in [6.45, 7) is 14.4. The lowest BCUT2D eigenvalue weighted by Gasteiger charge is -2.26. The summed E-state index contributed by atoms with van der Waals surface area (Å²) in [6, 6.07) is 17.6. The van der Waals surface area contributed by atoms with E-state index in [1.54, 1.807) is 24.3 Å². The summed E-state index contributed by atoms with van der Waals surface area (Å²) in [7, 11) is -8.77. The largest absolute Gasteiger partial charge is 0.344 e. The first kappa shape index (κ1) is 37.2. The maximum atomic E-state index is 12.2. The Morgan fingerprint density at radius 2 is 1.57 bits per heavy atom. The molecule has 4 aromatic rings. The maximum Gasteiger partial charge on any atom is 0.295 e. The fraction of sp³-hybridized carbons (Fsp3) is 0.325. The molecule has 0 saturated carbocycles. The van der Waals surface area contributed by atoms with Crippen LogP contribution in [0.5, 0.6) is 0 Å². The van der Waals surface area contributed by atoms with Crippen LogP contribution in [0.2, 0.25) is 0 Å². The normalized spacial score (nSPS) is 18.1. The van der Waals surface area contributed by atoms with Crippen LogP contribution in [0.4, 0.5) is 11.4 Å². The van der Waals surface area contributed by atoms with Crippen molar-refractivity contribution in [3.8, 4) is 0 Å². The molecule has 0 aliphatic carbocycles. The predicted molar refractivity (Wildman–Crippen MR) is 210 cm³/mol. The minimum atomic E-state index is -4.40. The molecule has 0 atom stereocenters. The highest BCUT2D eigenvalue weighted by molar-refractivity contribution is 9.11. The highest BCUT2D eigenvalue weighted by Crippen LogP contribution is 2.51. The van der Waals surface area contributed by atoms with Gasteiger partial charge in [-0.15, -0.1) is 0 Å². The monoisotopic (exact) mass is 791 g/mol. The number of benzene rings is 4. The van der Waals surface area contributed by atoms with Gasteiger partial charge in [-0.05, 0) is 90.6 Å². The lowest BCUT2D eigenvalue weighted by atomic mass is 9.79. The number of hydrogen-bond donors (Lipinski definition) is 2. The zero-order valence-corrected chi connectivity index (χ0v) is 33.0. The predicted octanol–water partition coefficient (Wildman–Crippen LogP) is 9.59. The van der Waals surface area contributed by atoms with Crippen LogP contribution in [0.3, 0.4) is 0 Å². The van der Waals surface area contributed by atoms with Crippen molar-refractivity contribution in [1.29, 1.82) is 0 Å². The number of unbranched alkanes of at least 4 members (excludes halogenated alkanes) is 1. The highest BCUT2D eigenvalue weighted by atomic mass is 79.9. The van der Waals surface area contributed by atoms with E-state index in [1.807, 2.05) is 30.4 Å². The summed E-state index contributed by atoms with van der Waals surface area (Å²) in [5, 5.41) is 2.99. The van der Waals surface area contributed by atoms with Gasteiger partial charge in [0.15, 0.2) is 5.71 Å². The van der Waals surface area contributed by atoms with Crippen LogP contribution in [0.15, 0.2) is 105 Å². The average molecular weight is 793 g/mol. The van der Waals surface area contributed by atoms with Gasteiger partial charge in [-0.1, -0.05) is 74.3 Å². The Morgan fingerprint density at radius 3 is 2.24 bits per heavy atom. The molecule has 268 valence electrons. The Labute approximate surface area is 309 Å². The number of hydrogen-bond acceptors (Lipinski definition) is 5. The van der Waals surface area contributed by atoms with E-state index in [0.29, 0.717) is 5.39 Å². The molecule has 2 heterocycles. The molecule has 11 heteroatoms. The number of allylic oxidation sites excluding steroid dienone is 6. The van der Waals surface area contributed by atoms with E-state index in [4.69, 9.17) is 0 Å². The van der Waals surface area contributed by atoms with Gasteiger partial charge in [0.05, 0.1) is 10.3 Å². The van der Waals surface area contributed by atoms with E-state index in [1.165, 1.54) is 12.1 Å². The van der Waals surface area contributed by atoms with Crippen LogP contribution < -0.4 is 4.90 Å². The second kappa shape index (κ2) is 13.4. The molecule has 2 N–H and O–H groups in total. The number of nitrogens with zero attached hydrogens (tertiary/aromatic N) is 2. The minimum absolute atomic E-state index is 0.0971. The number of rotatable bonds is 10. The van der Waals surface area contributed by atoms with Crippen molar-refractivity contribution >= 4 is 74.8 Å². The van der Waals surface area contributed by atoms with Crippen LogP contribution in [0.25, 0.3) is 21.5 Å². The number of fused-ring (bicyclic) bond motifs is 6. The van der Waals surface area contributed by atoms with Crippen molar-refractivity contribution in [3.05, 3.63) is 106 Å². The van der Waals surface area contributed by atoms with Crippen molar-refractivity contribution in [1.82, 2.24) is 0 Å². The molecular formula is C40H44BrN2O6S2+. The van der Waals surface area contributed by atoms with Gasteiger partial charge in [-0.3, -0.25) is 9.11 Å². The van der Waals surface area contributed by atoms with E-state index < -0.39 is 31.1 Å². The molecule has 4 aromatic carbocycles. The SMILES string of the molecule is CCCC[N+]1=C(/C=C/C(Br)=C/C=C2/N(CCC)c3ccc4c(S(=O)(=O)O)cccc4c3C2(C)C)C(C)(C)c2c1ccc1ccc(S(=O)(=O)O)cc21. The fourth-order valence-corrected chi connectivity index (χ4v) is 9.41. The van der Waals surface area contributed by atoms with Gasteiger partial charge in [0.1, 0.15) is 11.4 Å². The van der Waals surface area contributed by atoms with Gasteiger partial charge in [-0.2, -0.15) is 21.4 Å². The molecular weight excluding hydrogens is 748 g/mol. The molecule has 0 fully saturated rings. The van der Waals surface area contributed by atoms with E-state index >= 15 is 0 Å². The molecule has 2 aliphatic heterocycles. The average Bonchev–Trinajstić information content (AvgIpc) is 3.42. The first-order chi connectivity index (χ1) is 23.9. The van der Waals surface area contributed by atoms with Crippen LogP contribution >= 0.6 is 15.9 Å². The lowest BCUT2D eigenvalue weighted by Crippen LogP contribution is -2.28. The third-order valence-corrected chi connectivity index (χ3v) is 12.5. The fourth-order valence-electron chi connectivity index (χ4n) is 7.94. The van der Waals surface area contributed by atoms with Crippen molar-refractivity contribution in [2.75, 3.05) is 18.0 Å². The standard InChI is InChI=1S/C40H43BrN2O6S2/c1-7-9-24-43-32-19-14-26-13-17-28(50(44,45)46)25-31(26)38(32)40(5,6)36(43)22-16-27(41)15-21-35-39(3,4)37-30-11-10-12-34(51(47,48)49)29(30)18-20-33(37)42(35)23-8-2/h10-22,25H,7-9,23-24H2,1-6H3,(H-,44,45,46,47,48,49)/p+1. The summed E-state index contributed by atoms with van der Waals surface area (Å²) in [4.78, 5) is 2.07. The lowest BCUT2D eigenvalue weighted by molar-refractivity contribution is -0.438. The molecule has 0 bridgehead atoms. The molecule has 8 nitrogen and oxygen atoms in total. The summed E-state index contributed by atoms with van der Waals surface area (Å²) in [6.07, 6.45) is 11.2. The Bertz CT molecular complexity index is 2440. The van der Waals surface area contributed by atoms with E-state index in [9.17, 15) is 25.9 Å². The van der Waals surface area contributed by atoms with Crippen molar-refractivity contribution in [2.24, 2.45) is 0 Å². The van der Waals surface area contributed by atoms with Gasteiger partial charge < -0.3 is 4.90 Å². The summed E-state index contributed by atoms with van der Waals surface area (Å²) in [5.41, 5.74) is 5.29. The van der Waals surface area contributed by atoms with Crippen LogP contribution in [0.1, 0.15) is 71.9 Å². The van der Waals surface area contributed by atoms with Crippen molar-refractivity contribution in [3.63, 3.8) is 0 Å². The molecule has 0 saturated heterocycles. The van der Waals surface area contributed by atoms with E-state index in [2.05, 4.69) is 85.2 Å². The smallest absolute Gasteiger partial charge is 0.295 e. The summed E-state index contributed by atoms with van der Waals surface area (Å²) >= 11 is 3.80. The second-order valence-electron chi connectivity index (χ2n) is 14.3. The number of anilines is 1. The van der Waals surface area contributed by atoms with Crippen molar-refractivity contribution in [2.45, 2.75) is 81.4 Å². The minimum Gasteiger partial charge on any atom is -0.344 e. The molecule has 0 spiro atoms. The number of halogens is 1. The van der Waals surface area contributed by atoms with Crippen LogP contribution in [0, 0.1) is 0 Å². The Balaban J connectivity index is 1.42. The first-order valence-corrected chi connectivity index (χ1v) is 20.9. The topological polar surface area (TPSA) is 115 Å². The molecule has 0 radical (unpaired) electrons. The quantitative estimate of drug-likeness (QED) is 0.0934. The van der Waals surface area contributed by atoms with E-state index in [-0.39, 0.29) is 9.79 Å².